The van der Waals surface area contributed by atoms with E-state index in [2.05, 4.69) is 4.98 Å². The fraction of sp³-hybridized carbons (Fsp3) is 0.207. The number of fused-ring (bicyclic) bond motifs is 1. The summed E-state index contributed by atoms with van der Waals surface area (Å²) in [5, 5.41) is 18.6. The Balaban J connectivity index is 1.40. The third kappa shape index (κ3) is 6.96. The molecule has 4 rings (SSSR count). The van der Waals surface area contributed by atoms with Crippen molar-refractivity contribution in [2.45, 2.75) is 32.0 Å². The molecule has 6 nitrogen and oxygen atoms in total. The van der Waals surface area contributed by atoms with Gasteiger partial charge in [-0.1, -0.05) is 48.5 Å². The van der Waals surface area contributed by atoms with Crippen LogP contribution in [0.25, 0.3) is 10.9 Å². The van der Waals surface area contributed by atoms with E-state index >= 15 is 0 Å². The lowest BCUT2D eigenvalue weighted by molar-refractivity contribution is -0.138. The van der Waals surface area contributed by atoms with Crippen molar-refractivity contribution >= 4 is 22.6 Å². The number of aromatic nitrogens is 1. The summed E-state index contributed by atoms with van der Waals surface area (Å²) in [6.07, 6.45) is 0.121. The van der Waals surface area contributed by atoms with Crippen molar-refractivity contribution in [1.29, 1.82) is 5.41 Å². The molecule has 0 fully saturated rings. The van der Waals surface area contributed by atoms with Gasteiger partial charge in [-0.25, -0.2) is 9.37 Å². The number of benzene rings is 3. The van der Waals surface area contributed by atoms with Gasteiger partial charge in [-0.05, 0) is 60.4 Å². The molecule has 36 heavy (non-hydrogen) atoms. The molecule has 1 heterocycles. The lowest BCUT2D eigenvalue weighted by Crippen LogP contribution is -2.18. The predicted octanol–water partition coefficient (Wildman–Crippen LogP) is 6.14. The number of halogens is 1. The van der Waals surface area contributed by atoms with E-state index in [4.69, 9.17) is 20.0 Å². The highest BCUT2D eigenvalue weighted by atomic mass is 19.1. The van der Waals surface area contributed by atoms with Crippen LogP contribution in [0, 0.1) is 11.2 Å². The van der Waals surface area contributed by atoms with Gasteiger partial charge in [-0.3, -0.25) is 4.79 Å². The molecule has 0 amide bonds. The topological polar surface area (TPSA) is 92.5 Å². The lowest BCUT2D eigenvalue weighted by Gasteiger charge is -2.20. The molecule has 0 saturated heterocycles. The fourth-order valence-corrected chi connectivity index (χ4v) is 3.81. The number of ether oxygens (including phenoxy) is 2. The molecule has 3 aromatic carbocycles. The number of pyridine rings is 1. The summed E-state index contributed by atoms with van der Waals surface area (Å²) in [6.45, 7) is 0.307. The average molecular weight is 487 g/mol. The van der Waals surface area contributed by atoms with Crippen molar-refractivity contribution in [3.8, 4) is 5.75 Å². The van der Waals surface area contributed by atoms with Gasteiger partial charge in [0.05, 0.1) is 24.2 Å². The van der Waals surface area contributed by atoms with E-state index in [1.807, 2.05) is 48.5 Å². The van der Waals surface area contributed by atoms with Crippen molar-refractivity contribution in [2.75, 3.05) is 6.61 Å². The second kappa shape index (κ2) is 12.0. The molecule has 1 atom stereocenters. The van der Waals surface area contributed by atoms with Gasteiger partial charge in [0.1, 0.15) is 24.3 Å². The van der Waals surface area contributed by atoms with E-state index in [1.54, 1.807) is 24.3 Å². The Morgan fingerprint density at radius 2 is 1.69 bits per heavy atom. The van der Waals surface area contributed by atoms with Gasteiger partial charge >= 0.3 is 5.97 Å². The summed E-state index contributed by atoms with van der Waals surface area (Å²) in [5.41, 5.74) is 3.69. The summed E-state index contributed by atoms with van der Waals surface area (Å²) >= 11 is 0. The number of carboxylic acid groups (broad SMARTS) is 1. The monoisotopic (exact) mass is 486 g/mol. The Hall–Kier alpha value is -4.10. The quantitative estimate of drug-likeness (QED) is 0.235. The minimum atomic E-state index is -0.961. The molecule has 0 aliphatic heterocycles. The van der Waals surface area contributed by atoms with Crippen LogP contribution < -0.4 is 4.74 Å². The molecule has 0 aliphatic carbocycles. The SMILES string of the molecule is N=C(CCc1ccc(F)cc1)C(OCCC(=O)O)c1ccc(OCc2ccc3ccccc3n2)cc1. The van der Waals surface area contributed by atoms with Crippen LogP contribution in [-0.2, 0) is 22.6 Å². The Morgan fingerprint density at radius 1 is 0.944 bits per heavy atom. The van der Waals surface area contributed by atoms with Gasteiger partial charge < -0.3 is 20.0 Å². The van der Waals surface area contributed by atoms with E-state index in [9.17, 15) is 9.18 Å². The number of para-hydroxylation sites is 1. The number of nitrogens with one attached hydrogen (secondary N) is 1. The lowest BCUT2D eigenvalue weighted by atomic mass is 9.99. The second-order valence-corrected chi connectivity index (χ2v) is 8.40. The molecule has 184 valence electrons. The summed E-state index contributed by atoms with van der Waals surface area (Å²) in [4.78, 5) is 15.6. The molecule has 0 spiro atoms. The Kier molecular flexibility index (Phi) is 8.36. The van der Waals surface area contributed by atoms with Crippen LogP contribution in [0.3, 0.4) is 0 Å². The highest BCUT2D eigenvalue weighted by molar-refractivity contribution is 5.87. The first-order valence-electron chi connectivity index (χ1n) is 11.7. The molecule has 2 N–H and O–H groups in total. The largest absolute Gasteiger partial charge is 0.487 e. The molecule has 0 bridgehead atoms. The van der Waals surface area contributed by atoms with E-state index in [-0.39, 0.29) is 18.8 Å². The minimum absolute atomic E-state index is 0.00911. The first-order valence-corrected chi connectivity index (χ1v) is 11.7. The number of aryl methyl sites for hydroxylation is 1. The van der Waals surface area contributed by atoms with Crippen molar-refractivity contribution in [1.82, 2.24) is 4.98 Å². The maximum absolute atomic E-state index is 13.2. The maximum Gasteiger partial charge on any atom is 0.305 e. The van der Waals surface area contributed by atoms with Gasteiger partial charge in [0.15, 0.2) is 0 Å². The number of aliphatic carboxylic acids is 1. The molecular weight excluding hydrogens is 459 g/mol. The number of hydrogen-bond donors (Lipinski definition) is 2. The zero-order valence-corrected chi connectivity index (χ0v) is 19.7. The first-order chi connectivity index (χ1) is 17.5. The highest BCUT2D eigenvalue weighted by Crippen LogP contribution is 2.25. The van der Waals surface area contributed by atoms with Crippen LogP contribution in [0.4, 0.5) is 4.39 Å². The third-order valence-electron chi connectivity index (χ3n) is 5.74. The van der Waals surface area contributed by atoms with Gasteiger partial charge in [0.2, 0.25) is 0 Å². The Labute approximate surface area is 208 Å². The van der Waals surface area contributed by atoms with Gasteiger partial charge in [-0.15, -0.1) is 0 Å². The normalized spacial score (nSPS) is 11.8. The first kappa shape index (κ1) is 25.0. The molecule has 1 aromatic heterocycles. The molecule has 7 heteroatoms. The molecule has 4 aromatic rings. The highest BCUT2D eigenvalue weighted by Gasteiger charge is 2.19. The van der Waals surface area contributed by atoms with Crippen molar-refractivity contribution in [3.05, 3.63) is 108 Å². The maximum atomic E-state index is 13.2. The fourth-order valence-electron chi connectivity index (χ4n) is 3.81. The zero-order valence-electron chi connectivity index (χ0n) is 19.7. The molecule has 0 saturated carbocycles. The number of rotatable bonds is 12. The predicted molar refractivity (Wildman–Crippen MR) is 136 cm³/mol. The number of carboxylic acids is 1. The second-order valence-electron chi connectivity index (χ2n) is 8.40. The van der Waals surface area contributed by atoms with E-state index in [0.717, 1.165) is 27.7 Å². The smallest absolute Gasteiger partial charge is 0.305 e. The Bertz CT molecular complexity index is 1320. The zero-order chi connectivity index (χ0) is 25.3. The third-order valence-corrected chi connectivity index (χ3v) is 5.74. The van der Waals surface area contributed by atoms with Gasteiger partial charge in [0.25, 0.3) is 0 Å². The summed E-state index contributed by atoms with van der Waals surface area (Å²) < 4.78 is 24.9. The van der Waals surface area contributed by atoms with Crippen LogP contribution in [0.1, 0.15) is 35.8 Å². The molecule has 0 aliphatic rings. The number of hydrogen-bond acceptors (Lipinski definition) is 5. The van der Waals surface area contributed by atoms with Gasteiger partial charge in [0, 0.05) is 11.1 Å². The molecule has 1 unspecified atom stereocenters. The summed E-state index contributed by atoms with van der Waals surface area (Å²) in [7, 11) is 0. The van der Waals surface area contributed by atoms with Crippen LogP contribution in [0.15, 0.2) is 84.9 Å². The van der Waals surface area contributed by atoms with Crippen LogP contribution in [-0.4, -0.2) is 28.4 Å². The number of nitrogens with zero attached hydrogens (tertiary/aromatic N) is 1. The Morgan fingerprint density at radius 3 is 2.44 bits per heavy atom. The van der Waals surface area contributed by atoms with Crippen molar-refractivity contribution < 1.29 is 23.8 Å². The minimum Gasteiger partial charge on any atom is -0.487 e. The van der Waals surface area contributed by atoms with Gasteiger partial charge in [-0.2, -0.15) is 0 Å². The molecular formula is C29H27FN2O4. The van der Waals surface area contributed by atoms with Crippen LogP contribution in [0.2, 0.25) is 0 Å². The average Bonchev–Trinajstić information content (AvgIpc) is 2.89. The van der Waals surface area contributed by atoms with Crippen molar-refractivity contribution in [2.24, 2.45) is 0 Å². The standard InChI is InChI=1S/C29H27FN2O4/c30-23-11-5-20(6-12-23)7-16-26(31)29(35-18-17-28(33)34)22-9-14-25(15-10-22)36-19-24-13-8-21-3-1-2-4-27(21)32-24/h1-6,8-15,29,31H,7,16-19H2,(H,33,34). The van der Waals surface area contributed by atoms with Crippen LogP contribution in [0.5, 0.6) is 5.75 Å². The van der Waals surface area contributed by atoms with E-state index in [1.165, 1.54) is 12.1 Å². The van der Waals surface area contributed by atoms with E-state index in [0.29, 0.717) is 30.9 Å². The van der Waals surface area contributed by atoms with Crippen molar-refractivity contribution in [3.63, 3.8) is 0 Å². The molecule has 0 radical (unpaired) electrons. The van der Waals surface area contributed by atoms with E-state index < -0.39 is 12.1 Å². The summed E-state index contributed by atoms with van der Waals surface area (Å²) in [5.74, 6) is -0.615. The number of carbonyl (C=O) groups is 1. The summed E-state index contributed by atoms with van der Waals surface area (Å²) in [6, 6.07) is 25.3. The van der Waals surface area contributed by atoms with Crippen LogP contribution >= 0.6 is 0 Å².